The highest BCUT2D eigenvalue weighted by atomic mass is 127. The second-order valence-corrected chi connectivity index (χ2v) is 8.50. The van der Waals surface area contributed by atoms with Crippen LogP contribution in [0.2, 0.25) is 0 Å². The van der Waals surface area contributed by atoms with Gasteiger partial charge in [-0.3, -0.25) is 9.59 Å². The van der Waals surface area contributed by atoms with Crippen molar-refractivity contribution in [3.63, 3.8) is 0 Å². The van der Waals surface area contributed by atoms with Crippen molar-refractivity contribution in [1.29, 1.82) is 0 Å². The van der Waals surface area contributed by atoms with Gasteiger partial charge in [0.25, 0.3) is 5.91 Å². The molecule has 0 heterocycles. The molecule has 0 aliphatic heterocycles. The van der Waals surface area contributed by atoms with Crippen LogP contribution in [0.1, 0.15) is 55.8 Å². The van der Waals surface area contributed by atoms with E-state index in [0.717, 1.165) is 42.5 Å². The number of ether oxygens (including phenoxy) is 1. The molecule has 0 aromatic heterocycles. The van der Waals surface area contributed by atoms with Crippen molar-refractivity contribution in [2.75, 3.05) is 0 Å². The molecule has 0 atom stereocenters. The van der Waals surface area contributed by atoms with E-state index in [1.807, 2.05) is 0 Å². The molecule has 1 N–H and O–H groups in total. The van der Waals surface area contributed by atoms with Crippen LogP contribution in [0.5, 0.6) is 5.75 Å². The zero-order valence-corrected chi connectivity index (χ0v) is 17.4. The van der Waals surface area contributed by atoms with Crippen LogP contribution in [0.4, 0.5) is 13.2 Å². The lowest BCUT2D eigenvalue weighted by molar-refractivity contribution is -0.134. The molecule has 1 aromatic rings. The number of sulfonamides is 1. The van der Waals surface area contributed by atoms with E-state index < -0.39 is 27.4 Å². The third kappa shape index (κ3) is 7.64. The van der Waals surface area contributed by atoms with Gasteiger partial charge in [-0.15, -0.1) is 0 Å². The Morgan fingerprint density at radius 1 is 1.15 bits per heavy atom. The van der Waals surface area contributed by atoms with Gasteiger partial charge < -0.3 is 4.74 Å². The molecule has 0 aliphatic rings. The molecule has 11 heteroatoms. The van der Waals surface area contributed by atoms with Gasteiger partial charge in [-0.1, -0.05) is 32.6 Å². The van der Waals surface area contributed by atoms with E-state index in [1.54, 1.807) is 22.6 Å². The zero-order valence-electron chi connectivity index (χ0n) is 14.4. The molecule has 0 saturated heterocycles. The van der Waals surface area contributed by atoms with Crippen LogP contribution in [-0.4, -0.2) is 25.8 Å². The number of carbonyl (C=O) groups is 2. The van der Waals surface area contributed by atoms with Crippen molar-refractivity contribution in [1.82, 2.24) is 4.72 Å². The van der Waals surface area contributed by atoms with Crippen molar-refractivity contribution in [2.24, 2.45) is 0 Å². The molecule has 0 saturated carbocycles. The van der Waals surface area contributed by atoms with Gasteiger partial charge in [-0.05, 0) is 47.2 Å². The second-order valence-electron chi connectivity index (χ2n) is 5.66. The van der Waals surface area contributed by atoms with Crippen molar-refractivity contribution in [3.8, 4) is 5.75 Å². The number of amides is 1. The quantitative estimate of drug-likeness (QED) is 0.229. The molecule has 1 rings (SSSR count). The Balaban J connectivity index is 2.68. The lowest BCUT2D eigenvalue weighted by Crippen LogP contribution is -2.40. The third-order valence-corrected chi connectivity index (χ3v) is 5.34. The average molecular weight is 521 g/mol. The van der Waals surface area contributed by atoms with Crippen molar-refractivity contribution < 1.29 is 35.9 Å². The number of halogens is 4. The first-order valence-electron chi connectivity index (χ1n) is 8.11. The van der Waals surface area contributed by atoms with Crippen LogP contribution >= 0.6 is 22.6 Å². The minimum absolute atomic E-state index is 0.143. The number of benzene rings is 1. The lowest BCUT2D eigenvalue weighted by Gasteiger charge is -2.11. The van der Waals surface area contributed by atoms with Crippen LogP contribution in [0.15, 0.2) is 18.2 Å². The summed E-state index contributed by atoms with van der Waals surface area (Å²) >= 11 is 1.73. The largest absolute Gasteiger partial charge is 0.516 e. The Labute approximate surface area is 169 Å². The van der Waals surface area contributed by atoms with Gasteiger partial charge >= 0.3 is 21.5 Å². The lowest BCUT2D eigenvalue weighted by atomic mass is 10.1. The summed E-state index contributed by atoms with van der Waals surface area (Å²) in [6.07, 6.45) is 5.04. The average Bonchev–Trinajstić information content (AvgIpc) is 2.55. The first-order valence-corrected chi connectivity index (χ1v) is 10.7. The Hall–Kier alpha value is -1.37. The van der Waals surface area contributed by atoms with Gasteiger partial charge in [0.2, 0.25) is 0 Å². The molecule has 1 amide bonds. The van der Waals surface area contributed by atoms with E-state index >= 15 is 0 Å². The molecule has 0 fully saturated rings. The number of nitrogens with one attached hydrogen (secondary N) is 1. The number of hydrogen-bond donors (Lipinski definition) is 1. The minimum atomic E-state index is -5.79. The van der Waals surface area contributed by atoms with E-state index in [1.165, 1.54) is 6.07 Å². The Morgan fingerprint density at radius 3 is 2.33 bits per heavy atom. The van der Waals surface area contributed by atoms with Gasteiger partial charge in [0.15, 0.2) is 0 Å². The predicted molar refractivity (Wildman–Crippen MR) is 101 cm³/mol. The number of rotatable bonds is 9. The van der Waals surface area contributed by atoms with E-state index in [-0.39, 0.29) is 21.3 Å². The Bertz CT molecular complexity index is 781. The topological polar surface area (TPSA) is 89.5 Å². The fourth-order valence-electron chi connectivity index (χ4n) is 2.01. The summed E-state index contributed by atoms with van der Waals surface area (Å²) in [5.74, 6) is -1.75. The van der Waals surface area contributed by atoms with Crippen LogP contribution in [0, 0.1) is 3.57 Å². The Morgan fingerprint density at radius 2 is 1.78 bits per heavy atom. The molecule has 152 valence electrons. The number of unbranched alkanes of at least 4 members (excludes halogenated alkanes) is 4. The maximum atomic E-state index is 12.3. The third-order valence-electron chi connectivity index (χ3n) is 3.43. The van der Waals surface area contributed by atoms with E-state index in [9.17, 15) is 31.2 Å². The summed E-state index contributed by atoms with van der Waals surface area (Å²) in [5.41, 5.74) is -5.91. The standard InChI is InChI=1S/C16H19F3INO5S/c1-2-3-4-5-6-7-14(22)26-13-9-8-11(10-12(13)20)15(23)21-27(24,25)16(17,18)19/h8-10H,2-7H2,1H3,(H,21,23). The maximum Gasteiger partial charge on any atom is 0.516 e. The molecule has 0 spiro atoms. The minimum Gasteiger partial charge on any atom is -0.425 e. The second kappa shape index (κ2) is 10.2. The van der Waals surface area contributed by atoms with E-state index in [2.05, 4.69) is 6.92 Å². The summed E-state index contributed by atoms with van der Waals surface area (Å²) in [5, 5.41) is 0. The van der Waals surface area contributed by atoms with Crippen LogP contribution < -0.4 is 9.46 Å². The molecule has 0 radical (unpaired) electrons. The number of carbonyl (C=O) groups excluding carboxylic acids is 2. The van der Waals surface area contributed by atoms with Gasteiger partial charge in [0.1, 0.15) is 5.75 Å². The summed E-state index contributed by atoms with van der Waals surface area (Å²) in [4.78, 5) is 23.5. The van der Waals surface area contributed by atoms with Crippen molar-refractivity contribution >= 4 is 44.5 Å². The first kappa shape index (κ1) is 23.7. The molecule has 27 heavy (non-hydrogen) atoms. The molecule has 0 unspecified atom stereocenters. The maximum absolute atomic E-state index is 12.3. The molecular formula is C16H19F3INO5S. The normalized spacial score (nSPS) is 11.9. The number of esters is 1. The van der Waals surface area contributed by atoms with Crippen LogP contribution in [0.3, 0.4) is 0 Å². The van der Waals surface area contributed by atoms with Crippen molar-refractivity contribution in [2.45, 2.75) is 51.0 Å². The molecule has 0 bridgehead atoms. The number of hydrogen-bond acceptors (Lipinski definition) is 5. The van der Waals surface area contributed by atoms with Gasteiger partial charge in [-0.25, -0.2) is 4.72 Å². The smallest absolute Gasteiger partial charge is 0.425 e. The fraction of sp³-hybridized carbons (Fsp3) is 0.500. The van der Waals surface area contributed by atoms with E-state index in [4.69, 9.17) is 4.74 Å². The monoisotopic (exact) mass is 521 g/mol. The predicted octanol–water partition coefficient (Wildman–Crippen LogP) is 4.14. The van der Waals surface area contributed by atoms with Gasteiger partial charge in [0.05, 0.1) is 3.57 Å². The first-order chi connectivity index (χ1) is 12.5. The SMILES string of the molecule is CCCCCCCC(=O)Oc1ccc(C(=O)NS(=O)(=O)C(F)(F)F)cc1I. The summed E-state index contributed by atoms with van der Waals surface area (Å²) in [6, 6.07) is 3.44. The Kier molecular flexibility index (Phi) is 8.99. The summed E-state index contributed by atoms with van der Waals surface area (Å²) in [7, 11) is -5.79. The zero-order chi connectivity index (χ0) is 20.7. The molecule has 0 aliphatic carbocycles. The van der Waals surface area contributed by atoms with E-state index in [0.29, 0.717) is 6.42 Å². The van der Waals surface area contributed by atoms with Crippen LogP contribution in [-0.2, 0) is 14.8 Å². The highest BCUT2D eigenvalue weighted by molar-refractivity contribution is 14.1. The van der Waals surface area contributed by atoms with Gasteiger partial charge in [0, 0.05) is 12.0 Å². The number of alkyl halides is 3. The van der Waals surface area contributed by atoms with Gasteiger partial charge in [-0.2, -0.15) is 21.6 Å². The fourth-order valence-corrected chi connectivity index (χ4v) is 3.11. The highest BCUT2D eigenvalue weighted by Crippen LogP contribution is 2.25. The molecular weight excluding hydrogens is 502 g/mol. The summed E-state index contributed by atoms with van der Waals surface area (Å²) < 4.78 is 65.2. The summed E-state index contributed by atoms with van der Waals surface area (Å²) in [6.45, 7) is 2.08. The van der Waals surface area contributed by atoms with Crippen LogP contribution in [0.25, 0.3) is 0 Å². The molecule has 1 aromatic carbocycles. The molecule has 6 nitrogen and oxygen atoms in total. The van der Waals surface area contributed by atoms with Crippen molar-refractivity contribution in [3.05, 3.63) is 27.3 Å². The highest BCUT2D eigenvalue weighted by Gasteiger charge is 2.47.